The highest BCUT2D eigenvalue weighted by Crippen LogP contribution is 2.29. The monoisotopic (exact) mass is 296 g/mol. The molecule has 0 fully saturated rings. The van der Waals surface area contributed by atoms with Crippen LogP contribution in [0.3, 0.4) is 0 Å². The normalized spacial score (nSPS) is 11.4. The fraction of sp³-hybridized carbons (Fsp3) is 0. The van der Waals surface area contributed by atoms with Crippen LogP contribution in [0.5, 0.6) is 0 Å². The van der Waals surface area contributed by atoms with Crippen LogP contribution in [-0.2, 0) is 9.84 Å². The Kier molecular flexibility index (Phi) is 3.31. The number of carbonyl (C=O) groups excluding carboxylic acids is 1. The van der Waals surface area contributed by atoms with Crippen LogP contribution >= 0.6 is 0 Å². The second-order valence-electron chi connectivity index (χ2n) is 4.64. The molecule has 3 aromatic carbocycles. The van der Waals surface area contributed by atoms with Crippen LogP contribution in [-0.4, -0.2) is 14.7 Å². The molecule has 0 atom stereocenters. The van der Waals surface area contributed by atoms with Crippen molar-refractivity contribution < 1.29 is 13.2 Å². The van der Waals surface area contributed by atoms with Crippen molar-refractivity contribution in [2.45, 2.75) is 9.79 Å². The Hall–Kier alpha value is -2.46. The highest BCUT2D eigenvalue weighted by Gasteiger charge is 2.22. The zero-order valence-electron chi connectivity index (χ0n) is 11.1. The van der Waals surface area contributed by atoms with E-state index in [-0.39, 0.29) is 15.4 Å². The molecule has 0 radical (unpaired) electrons. The van der Waals surface area contributed by atoms with Crippen LogP contribution in [0.25, 0.3) is 10.8 Å². The molecule has 104 valence electrons. The van der Waals surface area contributed by atoms with E-state index in [0.717, 1.165) is 5.39 Å². The molecule has 21 heavy (non-hydrogen) atoms. The van der Waals surface area contributed by atoms with Gasteiger partial charge in [0, 0.05) is 10.9 Å². The largest absolute Gasteiger partial charge is 0.298 e. The van der Waals surface area contributed by atoms with Gasteiger partial charge in [0.05, 0.1) is 9.79 Å². The van der Waals surface area contributed by atoms with Gasteiger partial charge in [-0.1, -0.05) is 54.6 Å². The van der Waals surface area contributed by atoms with Crippen molar-refractivity contribution in [1.29, 1.82) is 0 Å². The van der Waals surface area contributed by atoms with Crippen molar-refractivity contribution >= 4 is 26.9 Å². The van der Waals surface area contributed by atoms with Crippen LogP contribution in [0.4, 0.5) is 0 Å². The minimum atomic E-state index is -3.74. The van der Waals surface area contributed by atoms with Gasteiger partial charge in [0.25, 0.3) is 0 Å². The van der Waals surface area contributed by atoms with Crippen LogP contribution in [0, 0.1) is 0 Å². The molecular weight excluding hydrogens is 284 g/mol. The van der Waals surface area contributed by atoms with E-state index in [1.165, 1.54) is 12.1 Å². The third-order valence-electron chi connectivity index (χ3n) is 3.37. The van der Waals surface area contributed by atoms with Crippen molar-refractivity contribution in [3.63, 3.8) is 0 Å². The molecule has 4 heteroatoms. The van der Waals surface area contributed by atoms with Crippen molar-refractivity contribution in [2.24, 2.45) is 0 Å². The van der Waals surface area contributed by atoms with Crippen molar-refractivity contribution in [1.82, 2.24) is 0 Å². The third kappa shape index (κ3) is 2.23. The minimum Gasteiger partial charge on any atom is -0.298 e. The van der Waals surface area contributed by atoms with Gasteiger partial charge in [0.15, 0.2) is 6.29 Å². The zero-order valence-corrected chi connectivity index (χ0v) is 11.9. The average molecular weight is 296 g/mol. The van der Waals surface area contributed by atoms with Gasteiger partial charge in [0.2, 0.25) is 9.84 Å². The molecule has 3 rings (SSSR count). The maximum atomic E-state index is 12.9. The van der Waals surface area contributed by atoms with E-state index in [4.69, 9.17) is 0 Å². The van der Waals surface area contributed by atoms with Gasteiger partial charge >= 0.3 is 0 Å². The van der Waals surface area contributed by atoms with E-state index in [1.54, 1.807) is 36.4 Å². The summed E-state index contributed by atoms with van der Waals surface area (Å²) in [7, 11) is -3.74. The van der Waals surface area contributed by atoms with E-state index in [1.807, 2.05) is 18.2 Å². The molecule has 0 unspecified atom stereocenters. The lowest BCUT2D eigenvalue weighted by atomic mass is 10.1. The molecule has 0 aliphatic carbocycles. The summed E-state index contributed by atoms with van der Waals surface area (Å²) >= 11 is 0. The molecule has 0 saturated carbocycles. The predicted molar refractivity (Wildman–Crippen MR) is 81.2 cm³/mol. The Labute approximate surface area is 122 Å². The van der Waals surface area contributed by atoms with Gasteiger partial charge < -0.3 is 0 Å². The van der Waals surface area contributed by atoms with Gasteiger partial charge in [-0.3, -0.25) is 4.79 Å². The highest BCUT2D eigenvalue weighted by molar-refractivity contribution is 7.91. The average Bonchev–Trinajstić information content (AvgIpc) is 2.54. The van der Waals surface area contributed by atoms with Crippen molar-refractivity contribution in [3.8, 4) is 0 Å². The Morgan fingerprint density at radius 1 is 0.714 bits per heavy atom. The van der Waals surface area contributed by atoms with Gasteiger partial charge in [0.1, 0.15) is 0 Å². The van der Waals surface area contributed by atoms with Crippen LogP contribution in [0.2, 0.25) is 0 Å². The molecule has 0 N–H and O–H groups in total. The zero-order chi connectivity index (χ0) is 14.9. The quantitative estimate of drug-likeness (QED) is 0.695. The molecule has 0 heterocycles. The molecular formula is C17H12O3S. The maximum Gasteiger partial charge on any atom is 0.207 e. The molecule has 3 aromatic rings. The first-order valence-corrected chi connectivity index (χ1v) is 7.90. The van der Waals surface area contributed by atoms with E-state index in [0.29, 0.717) is 11.7 Å². The smallest absolute Gasteiger partial charge is 0.207 e. The van der Waals surface area contributed by atoms with Crippen molar-refractivity contribution in [2.75, 3.05) is 0 Å². The number of sulfone groups is 1. The summed E-state index contributed by atoms with van der Waals surface area (Å²) in [6.07, 6.45) is 0.567. The predicted octanol–water partition coefficient (Wildman–Crippen LogP) is 3.49. The number of hydrogen-bond acceptors (Lipinski definition) is 3. The summed E-state index contributed by atoms with van der Waals surface area (Å²) in [6.45, 7) is 0. The van der Waals surface area contributed by atoms with Crippen LogP contribution in [0.15, 0.2) is 76.5 Å². The molecule has 0 aliphatic rings. The number of benzene rings is 3. The van der Waals surface area contributed by atoms with Gasteiger partial charge in [-0.2, -0.15) is 0 Å². The second kappa shape index (κ2) is 5.14. The Bertz CT molecular complexity index is 922. The van der Waals surface area contributed by atoms with Gasteiger partial charge in [-0.25, -0.2) is 8.42 Å². The lowest BCUT2D eigenvalue weighted by Gasteiger charge is -2.09. The van der Waals surface area contributed by atoms with E-state index in [2.05, 4.69) is 0 Å². The summed E-state index contributed by atoms with van der Waals surface area (Å²) in [5, 5.41) is 1.50. The molecule has 0 aromatic heterocycles. The Morgan fingerprint density at radius 3 is 2.14 bits per heavy atom. The first kappa shape index (κ1) is 13.5. The SMILES string of the molecule is O=Cc1ccccc1S(=O)(=O)c1cccc2ccccc12. The number of aldehydes is 1. The highest BCUT2D eigenvalue weighted by atomic mass is 32.2. The lowest BCUT2D eigenvalue weighted by molar-refractivity contribution is 0.112. The fourth-order valence-corrected chi connectivity index (χ4v) is 4.03. The number of carbonyl (C=O) groups is 1. The van der Waals surface area contributed by atoms with E-state index < -0.39 is 9.84 Å². The van der Waals surface area contributed by atoms with Crippen LogP contribution in [0.1, 0.15) is 10.4 Å². The summed E-state index contributed by atoms with van der Waals surface area (Å²) in [4.78, 5) is 11.4. The summed E-state index contributed by atoms with van der Waals surface area (Å²) < 4.78 is 25.7. The molecule has 0 spiro atoms. The number of hydrogen-bond donors (Lipinski definition) is 0. The number of rotatable bonds is 3. The second-order valence-corrected chi connectivity index (χ2v) is 6.52. The van der Waals surface area contributed by atoms with E-state index in [9.17, 15) is 13.2 Å². The van der Waals surface area contributed by atoms with Gasteiger partial charge in [-0.15, -0.1) is 0 Å². The molecule has 0 aliphatic heterocycles. The van der Waals surface area contributed by atoms with E-state index >= 15 is 0 Å². The van der Waals surface area contributed by atoms with Crippen LogP contribution < -0.4 is 0 Å². The maximum absolute atomic E-state index is 12.9. The molecule has 3 nitrogen and oxygen atoms in total. The topological polar surface area (TPSA) is 51.2 Å². The molecule has 0 amide bonds. The van der Waals surface area contributed by atoms with Crippen molar-refractivity contribution in [3.05, 3.63) is 72.3 Å². The molecule has 0 bridgehead atoms. The standard InChI is InChI=1S/C17H12O3S/c18-12-14-7-2-4-10-16(14)21(19,20)17-11-5-8-13-6-1-3-9-15(13)17/h1-12H. The first-order chi connectivity index (χ1) is 10.1. The molecule has 0 saturated heterocycles. The lowest BCUT2D eigenvalue weighted by Crippen LogP contribution is -2.06. The summed E-state index contributed by atoms with van der Waals surface area (Å²) in [5.41, 5.74) is 0.172. The third-order valence-corrected chi connectivity index (χ3v) is 5.26. The first-order valence-electron chi connectivity index (χ1n) is 6.41. The summed E-state index contributed by atoms with van der Waals surface area (Å²) in [6, 6.07) is 18.7. The minimum absolute atomic E-state index is 0.0383. The fourth-order valence-electron chi connectivity index (χ4n) is 2.37. The Morgan fingerprint density at radius 2 is 1.33 bits per heavy atom. The summed E-state index contributed by atoms with van der Waals surface area (Å²) in [5.74, 6) is 0. The van der Waals surface area contributed by atoms with Gasteiger partial charge in [-0.05, 0) is 17.5 Å². The Balaban J connectivity index is 2.33. The number of fused-ring (bicyclic) bond motifs is 1.